The summed E-state index contributed by atoms with van der Waals surface area (Å²) in [7, 11) is 1.66. The van der Waals surface area contributed by atoms with Crippen molar-refractivity contribution in [2.24, 2.45) is 0 Å². The number of hydrogen-bond donors (Lipinski definition) is 1. The Balaban J connectivity index is 2.74. The molecule has 1 aromatic heterocycles. The fourth-order valence-corrected chi connectivity index (χ4v) is 2.58. The first-order valence-corrected chi connectivity index (χ1v) is 6.86. The Labute approximate surface area is 118 Å². The van der Waals surface area contributed by atoms with E-state index in [1.54, 1.807) is 19.2 Å². The number of rotatable bonds is 6. The number of imidazole rings is 1. The van der Waals surface area contributed by atoms with Crippen molar-refractivity contribution in [1.82, 2.24) is 9.55 Å². The fourth-order valence-electron chi connectivity index (χ4n) is 2.58. The van der Waals surface area contributed by atoms with Crippen molar-refractivity contribution >= 4 is 17.0 Å². The van der Waals surface area contributed by atoms with Crippen molar-refractivity contribution in [1.29, 1.82) is 0 Å². The second-order valence-corrected chi connectivity index (χ2v) is 4.75. The topological polar surface area (TPSA) is 64.3 Å². The monoisotopic (exact) mass is 276 g/mol. The number of benzene rings is 1. The first kappa shape index (κ1) is 14.5. The predicted molar refractivity (Wildman–Crippen MR) is 77.3 cm³/mol. The third kappa shape index (κ3) is 2.41. The summed E-state index contributed by atoms with van der Waals surface area (Å²) in [5.41, 5.74) is 1.72. The fraction of sp³-hybridized carbons (Fsp3) is 0.467. The van der Waals surface area contributed by atoms with Gasteiger partial charge in [0.15, 0.2) is 0 Å². The smallest absolute Gasteiger partial charge is 0.337 e. The van der Waals surface area contributed by atoms with Crippen molar-refractivity contribution in [3.63, 3.8) is 0 Å². The van der Waals surface area contributed by atoms with E-state index in [0.29, 0.717) is 17.7 Å². The number of para-hydroxylation sites is 1. The first-order valence-electron chi connectivity index (χ1n) is 6.86. The Morgan fingerprint density at radius 2 is 2.20 bits per heavy atom. The van der Waals surface area contributed by atoms with Gasteiger partial charge in [-0.2, -0.15) is 0 Å². The molecule has 2 rings (SSSR count). The van der Waals surface area contributed by atoms with Crippen molar-refractivity contribution in [3.8, 4) is 0 Å². The maximum Gasteiger partial charge on any atom is 0.337 e. The lowest BCUT2D eigenvalue weighted by Crippen LogP contribution is -2.17. The molecule has 0 spiro atoms. The first-order chi connectivity index (χ1) is 9.63. The SMILES string of the molecule is CCc1nc2cccc(C(=O)O)c2n1C(CC)COC. The predicted octanol–water partition coefficient (Wildman–Crippen LogP) is 2.89. The largest absolute Gasteiger partial charge is 0.478 e. The van der Waals surface area contributed by atoms with Gasteiger partial charge in [0.05, 0.1) is 29.2 Å². The molecule has 0 aliphatic heterocycles. The highest BCUT2D eigenvalue weighted by molar-refractivity contribution is 6.01. The Bertz CT molecular complexity index is 619. The molecule has 0 fully saturated rings. The minimum Gasteiger partial charge on any atom is -0.478 e. The molecule has 1 N–H and O–H groups in total. The van der Waals surface area contributed by atoms with Crippen LogP contribution in [0, 0.1) is 0 Å². The van der Waals surface area contributed by atoms with E-state index in [2.05, 4.69) is 11.9 Å². The van der Waals surface area contributed by atoms with E-state index in [0.717, 1.165) is 24.2 Å². The lowest BCUT2D eigenvalue weighted by atomic mass is 10.1. The van der Waals surface area contributed by atoms with Gasteiger partial charge < -0.3 is 14.4 Å². The number of aromatic carboxylic acids is 1. The van der Waals surface area contributed by atoms with E-state index in [-0.39, 0.29) is 6.04 Å². The summed E-state index contributed by atoms with van der Waals surface area (Å²) in [5.74, 6) is -0.0238. The van der Waals surface area contributed by atoms with Gasteiger partial charge in [-0.1, -0.05) is 19.9 Å². The number of methoxy groups -OCH3 is 1. The molecule has 0 aliphatic rings. The van der Waals surface area contributed by atoms with Crippen LogP contribution in [0.4, 0.5) is 0 Å². The van der Waals surface area contributed by atoms with E-state index in [4.69, 9.17) is 4.74 Å². The molecule has 0 aliphatic carbocycles. The van der Waals surface area contributed by atoms with Gasteiger partial charge >= 0.3 is 5.97 Å². The molecule has 2 aromatic rings. The van der Waals surface area contributed by atoms with Crippen molar-refractivity contribution in [2.45, 2.75) is 32.7 Å². The summed E-state index contributed by atoms with van der Waals surface area (Å²) in [5, 5.41) is 9.40. The third-order valence-corrected chi connectivity index (χ3v) is 3.53. The molecular weight excluding hydrogens is 256 g/mol. The van der Waals surface area contributed by atoms with Gasteiger partial charge in [-0.05, 0) is 18.6 Å². The zero-order valence-corrected chi connectivity index (χ0v) is 12.1. The molecule has 0 bridgehead atoms. The molecule has 0 saturated heterocycles. The maximum atomic E-state index is 11.5. The molecular formula is C15H20N2O3. The second-order valence-electron chi connectivity index (χ2n) is 4.75. The van der Waals surface area contributed by atoms with Crippen LogP contribution in [0.1, 0.15) is 42.5 Å². The van der Waals surface area contributed by atoms with Crippen LogP contribution < -0.4 is 0 Å². The van der Waals surface area contributed by atoms with E-state index in [1.165, 1.54) is 0 Å². The number of carbonyl (C=O) groups is 1. The molecule has 5 nitrogen and oxygen atoms in total. The molecule has 1 aromatic carbocycles. The lowest BCUT2D eigenvalue weighted by Gasteiger charge is -2.20. The molecule has 0 radical (unpaired) electrons. The Hall–Kier alpha value is -1.88. The van der Waals surface area contributed by atoms with E-state index >= 15 is 0 Å². The number of aromatic nitrogens is 2. The highest BCUT2D eigenvalue weighted by atomic mass is 16.5. The van der Waals surface area contributed by atoms with Gasteiger partial charge in [0.2, 0.25) is 0 Å². The van der Waals surface area contributed by atoms with Crippen LogP contribution in [0.25, 0.3) is 11.0 Å². The van der Waals surface area contributed by atoms with Crippen LogP contribution in [0.15, 0.2) is 18.2 Å². The average Bonchev–Trinajstić information content (AvgIpc) is 2.82. The van der Waals surface area contributed by atoms with Crippen LogP contribution in [0.3, 0.4) is 0 Å². The van der Waals surface area contributed by atoms with Crippen LogP contribution >= 0.6 is 0 Å². The molecule has 1 atom stereocenters. The highest BCUT2D eigenvalue weighted by Gasteiger charge is 2.21. The van der Waals surface area contributed by atoms with Crippen LogP contribution in [0.2, 0.25) is 0 Å². The number of carboxylic acids is 1. The molecule has 1 unspecified atom stereocenters. The molecule has 108 valence electrons. The van der Waals surface area contributed by atoms with Crippen molar-refractivity contribution < 1.29 is 14.6 Å². The number of fused-ring (bicyclic) bond motifs is 1. The highest BCUT2D eigenvalue weighted by Crippen LogP contribution is 2.27. The maximum absolute atomic E-state index is 11.5. The number of aryl methyl sites for hydroxylation is 1. The summed E-state index contributed by atoms with van der Waals surface area (Å²) in [6.07, 6.45) is 1.62. The molecule has 1 heterocycles. The summed E-state index contributed by atoms with van der Waals surface area (Å²) >= 11 is 0. The minimum absolute atomic E-state index is 0.0976. The van der Waals surface area contributed by atoms with E-state index < -0.39 is 5.97 Å². The average molecular weight is 276 g/mol. The van der Waals surface area contributed by atoms with Crippen molar-refractivity contribution in [2.75, 3.05) is 13.7 Å². The van der Waals surface area contributed by atoms with Gasteiger partial charge in [0.25, 0.3) is 0 Å². The zero-order chi connectivity index (χ0) is 14.7. The Morgan fingerprint density at radius 3 is 2.75 bits per heavy atom. The standard InChI is InChI=1S/C15H20N2O3/c1-4-10(9-20-3)17-13(5-2)16-12-8-6-7-11(14(12)17)15(18)19/h6-8,10H,4-5,9H2,1-3H3,(H,18,19). The summed E-state index contributed by atoms with van der Waals surface area (Å²) < 4.78 is 7.30. The lowest BCUT2D eigenvalue weighted by molar-refractivity contribution is 0.0698. The Morgan fingerprint density at radius 1 is 1.45 bits per heavy atom. The minimum atomic E-state index is -0.924. The molecule has 0 amide bonds. The molecule has 20 heavy (non-hydrogen) atoms. The van der Waals surface area contributed by atoms with Gasteiger partial charge in [0.1, 0.15) is 5.82 Å². The molecule has 5 heteroatoms. The van der Waals surface area contributed by atoms with Crippen LogP contribution in [0.5, 0.6) is 0 Å². The Kier molecular flexibility index (Phi) is 4.39. The number of carboxylic acid groups (broad SMARTS) is 1. The summed E-state index contributed by atoms with van der Waals surface area (Å²) in [6.45, 7) is 4.64. The number of ether oxygens (including phenoxy) is 1. The van der Waals surface area contributed by atoms with Crippen molar-refractivity contribution in [3.05, 3.63) is 29.6 Å². The van der Waals surface area contributed by atoms with Crippen LogP contribution in [-0.2, 0) is 11.2 Å². The number of hydrogen-bond acceptors (Lipinski definition) is 3. The van der Waals surface area contributed by atoms with Gasteiger partial charge in [-0.3, -0.25) is 0 Å². The summed E-state index contributed by atoms with van der Waals surface area (Å²) in [6, 6.07) is 5.32. The summed E-state index contributed by atoms with van der Waals surface area (Å²) in [4.78, 5) is 16.0. The molecule has 0 saturated carbocycles. The van der Waals surface area contributed by atoms with Gasteiger partial charge in [0, 0.05) is 13.5 Å². The second kappa shape index (κ2) is 6.05. The van der Waals surface area contributed by atoms with E-state index in [9.17, 15) is 9.90 Å². The zero-order valence-electron chi connectivity index (χ0n) is 12.1. The normalized spacial score (nSPS) is 12.8. The van der Waals surface area contributed by atoms with E-state index in [1.807, 2.05) is 17.6 Å². The van der Waals surface area contributed by atoms with Gasteiger partial charge in [-0.25, -0.2) is 9.78 Å². The number of nitrogens with zero attached hydrogens (tertiary/aromatic N) is 2. The van der Waals surface area contributed by atoms with Gasteiger partial charge in [-0.15, -0.1) is 0 Å². The van der Waals surface area contributed by atoms with Crippen LogP contribution in [-0.4, -0.2) is 34.3 Å². The third-order valence-electron chi connectivity index (χ3n) is 3.53. The quantitative estimate of drug-likeness (QED) is 0.881.